The highest BCUT2D eigenvalue weighted by Crippen LogP contribution is 2.20. The zero-order chi connectivity index (χ0) is 17.2. The zero-order valence-corrected chi connectivity index (χ0v) is 12.7. The van der Waals surface area contributed by atoms with Crippen molar-refractivity contribution >= 4 is 21.4 Å². The molecule has 4 nitrogen and oxygen atoms in total. The Labute approximate surface area is 130 Å². The average Bonchev–Trinajstić information content (AvgIpc) is 2.50. The molecule has 0 bridgehead atoms. The van der Waals surface area contributed by atoms with Crippen molar-refractivity contribution in [1.29, 1.82) is 0 Å². The smallest absolute Gasteiger partial charge is 0.322 e. The van der Waals surface area contributed by atoms with Gasteiger partial charge in [0.2, 0.25) is 9.84 Å². The second-order valence-corrected chi connectivity index (χ2v) is 6.66. The van der Waals surface area contributed by atoms with Crippen LogP contribution in [0, 0.1) is 12.7 Å². The van der Waals surface area contributed by atoms with Crippen LogP contribution < -0.4 is 5.32 Å². The number of sulfone groups is 1. The maximum absolute atomic E-state index is 13.2. The lowest BCUT2D eigenvalue weighted by atomic mass is 10.1. The summed E-state index contributed by atoms with van der Waals surface area (Å²) in [6, 6.07) is 7.95. The molecule has 8 heteroatoms. The molecule has 0 spiro atoms. The Morgan fingerprint density at radius 2 is 1.70 bits per heavy atom. The van der Waals surface area contributed by atoms with Crippen molar-refractivity contribution < 1.29 is 26.4 Å². The predicted molar refractivity (Wildman–Crippen MR) is 78.7 cm³/mol. The molecule has 0 radical (unpaired) electrons. The molecule has 0 unspecified atom stereocenters. The first kappa shape index (κ1) is 17.0. The van der Waals surface area contributed by atoms with E-state index in [1.807, 2.05) is 0 Å². The second-order valence-electron chi connectivity index (χ2n) is 4.74. The zero-order valence-electron chi connectivity index (χ0n) is 11.9. The normalized spacial score (nSPS) is 11.5. The van der Waals surface area contributed by atoms with E-state index in [0.717, 1.165) is 30.3 Å². The quantitative estimate of drug-likeness (QED) is 0.926. The van der Waals surface area contributed by atoms with E-state index in [4.69, 9.17) is 0 Å². The van der Waals surface area contributed by atoms with E-state index in [0.29, 0.717) is 5.56 Å². The molecule has 2 rings (SSSR count). The molecule has 0 aromatic heterocycles. The standard InChI is InChI=1S/C15H12F3NO3S/c1-9-2-5-11(16)8-13(9)19-14(20)10-3-6-12(7-4-10)23(21,22)15(17)18/h2-8,15H,1H3,(H,19,20). The molecule has 0 aliphatic rings. The summed E-state index contributed by atoms with van der Waals surface area (Å²) in [5.74, 6) is -4.67. The first-order chi connectivity index (χ1) is 10.7. The van der Waals surface area contributed by atoms with E-state index in [1.54, 1.807) is 6.92 Å². The summed E-state index contributed by atoms with van der Waals surface area (Å²) >= 11 is 0. The highest BCUT2D eigenvalue weighted by molar-refractivity contribution is 7.91. The fourth-order valence-corrected chi connectivity index (χ4v) is 2.54. The number of amides is 1. The topological polar surface area (TPSA) is 63.2 Å². The van der Waals surface area contributed by atoms with E-state index >= 15 is 0 Å². The minimum absolute atomic E-state index is 0.0573. The Kier molecular flexibility index (Phi) is 4.74. The van der Waals surface area contributed by atoms with E-state index in [2.05, 4.69) is 5.32 Å². The summed E-state index contributed by atoms with van der Waals surface area (Å²) in [6.45, 7) is 1.67. The van der Waals surface area contributed by atoms with Gasteiger partial charge >= 0.3 is 5.76 Å². The third-order valence-corrected chi connectivity index (χ3v) is 4.53. The van der Waals surface area contributed by atoms with E-state index < -0.39 is 32.2 Å². The van der Waals surface area contributed by atoms with E-state index in [-0.39, 0.29) is 11.3 Å². The van der Waals surface area contributed by atoms with Crippen LogP contribution in [-0.2, 0) is 9.84 Å². The van der Waals surface area contributed by atoms with Gasteiger partial charge < -0.3 is 5.32 Å². The summed E-state index contributed by atoms with van der Waals surface area (Å²) in [5, 5.41) is 2.47. The van der Waals surface area contributed by atoms with Gasteiger partial charge in [-0.3, -0.25) is 4.79 Å². The van der Waals surface area contributed by atoms with Crippen molar-refractivity contribution in [3.8, 4) is 0 Å². The van der Waals surface area contributed by atoms with Gasteiger partial charge in [-0.05, 0) is 48.9 Å². The first-order valence-corrected chi connectivity index (χ1v) is 7.96. The monoisotopic (exact) mass is 343 g/mol. The number of benzene rings is 2. The summed E-state index contributed by atoms with van der Waals surface area (Å²) in [7, 11) is -4.71. The third kappa shape index (κ3) is 3.70. The number of hydrogen-bond donors (Lipinski definition) is 1. The molecule has 23 heavy (non-hydrogen) atoms. The molecule has 0 heterocycles. The van der Waals surface area contributed by atoms with Crippen LogP contribution >= 0.6 is 0 Å². The van der Waals surface area contributed by atoms with Crippen LogP contribution in [0.5, 0.6) is 0 Å². The van der Waals surface area contributed by atoms with Crippen LogP contribution in [-0.4, -0.2) is 20.1 Å². The molecule has 0 atom stereocenters. The van der Waals surface area contributed by atoms with Crippen molar-refractivity contribution in [1.82, 2.24) is 0 Å². The molecule has 0 saturated carbocycles. The van der Waals surface area contributed by atoms with Crippen LogP contribution in [0.25, 0.3) is 0 Å². The number of aryl methyl sites for hydroxylation is 1. The maximum Gasteiger partial charge on any atom is 0.341 e. The lowest BCUT2D eigenvalue weighted by molar-refractivity contribution is 0.102. The van der Waals surface area contributed by atoms with Gasteiger partial charge in [0.15, 0.2) is 0 Å². The van der Waals surface area contributed by atoms with Gasteiger partial charge in [-0.25, -0.2) is 12.8 Å². The van der Waals surface area contributed by atoms with Crippen LogP contribution in [0.2, 0.25) is 0 Å². The molecule has 1 amide bonds. The predicted octanol–water partition coefficient (Wildman–Crippen LogP) is 3.38. The van der Waals surface area contributed by atoms with Crippen LogP contribution in [0.3, 0.4) is 0 Å². The molecule has 1 N–H and O–H groups in total. The second kappa shape index (κ2) is 6.41. The van der Waals surface area contributed by atoms with Gasteiger partial charge in [0.25, 0.3) is 5.91 Å². The van der Waals surface area contributed by atoms with Gasteiger partial charge in [0.1, 0.15) is 5.82 Å². The third-order valence-electron chi connectivity index (χ3n) is 3.13. The van der Waals surface area contributed by atoms with Gasteiger partial charge in [-0.15, -0.1) is 0 Å². The highest BCUT2D eigenvalue weighted by Gasteiger charge is 2.26. The van der Waals surface area contributed by atoms with Crippen molar-refractivity contribution in [2.24, 2.45) is 0 Å². The number of rotatable bonds is 4. The van der Waals surface area contributed by atoms with Gasteiger partial charge in [-0.1, -0.05) is 6.07 Å². The van der Waals surface area contributed by atoms with E-state index in [9.17, 15) is 26.4 Å². The summed E-state index contributed by atoms with van der Waals surface area (Å²) < 4.78 is 60.6. The molecule has 2 aromatic rings. The number of hydrogen-bond acceptors (Lipinski definition) is 3. The molecule has 0 aliphatic heterocycles. The molecule has 2 aromatic carbocycles. The number of nitrogens with one attached hydrogen (secondary N) is 1. The van der Waals surface area contributed by atoms with Crippen molar-refractivity contribution in [2.75, 3.05) is 5.32 Å². The lowest BCUT2D eigenvalue weighted by Crippen LogP contribution is -2.14. The maximum atomic E-state index is 13.2. The van der Waals surface area contributed by atoms with E-state index in [1.165, 1.54) is 12.1 Å². The first-order valence-electron chi connectivity index (χ1n) is 6.41. The van der Waals surface area contributed by atoms with Gasteiger partial charge in [0.05, 0.1) is 4.90 Å². The molecular formula is C15H12F3NO3S. The Hall–Kier alpha value is -2.35. The molecule has 0 saturated heterocycles. The summed E-state index contributed by atoms with van der Waals surface area (Å²) in [5.41, 5.74) is 0.956. The van der Waals surface area contributed by atoms with Crippen molar-refractivity contribution in [2.45, 2.75) is 17.6 Å². The number of carbonyl (C=O) groups excluding carboxylic acids is 1. The number of halogens is 3. The summed E-state index contributed by atoms with van der Waals surface area (Å²) in [6.07, 6.45) is 0. The average molecular weight is 343 g/mol. The van der Waals surface area contributed by atoms with Gasteiger partial charge in [0, 0.05) is 11.3 Å². The largest absolute Gasteiger partial charge is 0.341 e. The Morgan fingerprint density at radius 3 is 2.26 bits per heavy atom. The van der Waals surface area contributed by atoms with Gasteiger partial charge in [-0.2, -0.15) is 8.78 Å². The molecule has 0 fully saturated rings. The Morgan fingerprint density at radius 1 is 1.09 bits per heavy atom. The van der Waals surface area contributed by atoms with Crippen LogP contribution in [0.15, 0.2) is 47.4 Å². The highest BCUT2D eigenvalue weighted by atomic mass is 32.2. The SMILES string of the molecule is Cc1ccc(F)cc1NC(=O)c1ccc(S(=O)(=O)C(F)F)cc1. The lowest BCUT2D eigenvalue weighted by Gasteiger charge is -2.09. The Balaban J connectivity index is 2.23. The van der Waals surface area contributed by atoms with Crippen molar-refractivity contribution in [3.05, 3.63) is 59.4 Å². The summed E-state index contributed by atoms with van der Waals surface area (Å²) in [4.78, 5) is 11.5. The van der Waals surface area contributed by atoms with Crippen LogP contribution in [0.1, 0.15) is 15.9 Å². The van der Waals surface area contributed by atoms with Crippen molar-refractivity contribution in [3.63, 3.8) is 0 Å². The number of alkyl halides is 2. The molecule has 122 valence electrons. The van der Waals surface area contributed by atoms with Crippen LogP contribution in [0.4, 0.5) is 18.9 Å². The minimum atomic E-state index is -4.71. The number of carbonyl (C=O) groups is 1. The minimum Gasteiger partial charge on any atom is -0.322 e. The molecule has 0 aliphatic carbocycles. The Bertz CT molecular complexity index is 834. The number of anilines is 1. The fourth-order valence-electron chi connectivity index (χ4n) is 1.82. The fraction of sp³-hybridized carbons (Fsp3) is 0.133. The molecular weight excluding hydrogens is 331 g/mol.